The first-order valence-electron chi connectivity index (χ1n) is 5.78. The van der Waals surface area contributed by atoms with Crippen LogP contribution in [0.25, 0.3) is 0 Å². The van der Waals surface area contributed by atoms with Gasteiger partial charge in [-0.25, -0.2) is 4.79 Å². The summed E-state index contributed by atoms with van der Waals surface area (Å²) in [5, 5.41) is 2.59. The van der Waals surface area contributed by atoms with Gasteiger partial charge in [-0.1, -0.05) is 13.3 Å². The highest BCUT2D eigenvalue weighted by molar-refractivity contribution is 5.88. The summed E-state index contributed by atoms with van der Waals surface area (Å²) in [6.07, 6.45) is 1.97. The maximum atomic E-state index is 11.5. The molecule has 0 aromatic carbocycles. The van der Waals surface area contributed by atoms with Crippen LogP contribution in [0.2, 0.25) is 0 Å². The van der Waals surface area contributed by atoms with Gasteiger partial charge >= 0.3 is 6.03 Å². The summed E-state index contributed by atoms with van der Waals surface area (Å²) in [5.74, 6) is 0.760. The highest BCUT2D eigenvalue weighted by atomic mass is 16.5. The molecular formula is C11H19N5O2. The molecule has 0 radical (unpaired) electrons. The zero-order valence-corrected chi connectivity index (χ0v) is 10.9. The van der Waals surface area contributed by atoms with Crippen LogP contribution in [0.3, 0.4) is 0 Å². The summed E-state index contributed by atoms with van der Waals surface area (Å²) in [4.78, 5) is 20.7. The second-order valence-corrected chi connectivity index (χ2v) is 3.98. The molecule has 0 spiro atoms. The van der Waals surface area contributed by atoms with Crippen LogP contribution >= 0.6 is 0 Å². The van der Waals surface area contributed by atoms with E-state index in [4.69, 9.17) is 10.5 Å². The van der Waals surface area contributed by atoms with Crippen molar-refractivity contribution in [2.24, 2.45) is 0 Å². The molecule has 0 saturated heterocycles. The second kappa shape index (κ2) is 6.63. The Bertz CT molecular complexity index is 408. The van der Waals surface area contributed by atoms with E-state index in [0.29, 0.717) is 18.3 Å². The third-order valence-corrected chi connectivity index (χ3v) is 2.11. The number of amides is 2. The van der Waals surface area contributed by atoms with Crippen LogP contribution in [0.15, 0.2) is 6.07 Å². The maximum absolute atomic E-state index is 11.5. The van der Waals surface area contributed by atoms with Gasteiger partial charge in [-0.15, -0.1) is 0 Å². The molecule has 1 rings (SSSR count). The lowest BCUT2D eigenvalue weighted by Crippen LogP contribution is -2.27. The lowest BCUT2D eigenvalue weighted by Gasteiger charge is -2.12. The first-order valence-corrected chi connectivity index (χ1v) is 5.78. The molecule has 0 bridgehead atoms. The number of carbonyl (C=O) groups is 1. The van der Waals surface area contributed by atoms with Gasteiger partial charge in [0.1, 0.15) is 5.82 Å². The molecule has 0 atom stereocenters. The Balaban J connectivity index is 2.71. The largest absolute Gasteiger partial charge is 0.477 e. The van der Waals surface area contributed by atoms with Gasteiger partial charge in [0.25, 0.3) is 0 Å². The fourth-order valence-corrected chi connectivity index (χ4v) is 1.12. The smallest absolute Gasteiger partial charge is 0.322 e. The summed E-state index contributed by atoms with van der Waals surface area (Å²) in [6, 6.07) is 1.26. The molecule has 7 heteroatoms. The van der Waals surface area contributed by atoms with E-state index in [-0.39, 0.29) is 12.0 Å². The number of aromatic nitrogens is 2. The third-order valence-electron chi connectivity index (χ3n) is 2.11. The predicted molar refractivity (Wildman–Crippen MR) is 69.6 cm³/mol. The van der Waals surface area contributed by atoms with E-state index in [2.05, 4.69) is 22.2 Å². The quantitative estimate of drug-likeness (QED) is 0.772. The minimum absolute atomic E-state index is 0.0676. The standard InChI is InChI=1S/C11H19N5O2/c1-4-5-6-18-9-7-8(13-10(12)15-9)14-11(17)16(2)3/h7H,4-6H2,1-3H3,(H3,12,13,14,15,17). The summed E-state index contributed by atoms with van der Waals surface area (Å²) in [5.41, 5.74) is 5.55. The van der Waals surface area contributed by atoms with E-state index in [1.807, 2.05) is 0 Å². The van der Waals surface area contributed by atoms with Gasteiger partial charge in [0.15, 0.2) is 0 Å². The van der Waals surface area contributed by atoms with Gasteiger partial charge in [0, 0.05) is 20.2 Å². The molecule has 0 fully saturated rings. The molecule has 0 aliphatic heterocycles. The van der Waals surface area contributed by atoms with Crippen molar-refractivity contribution in [1.82, 2.24) is 14.9 Å². The number of anilines is 2. The first-order chi connectivity index (χ1) is 8.52. The van der Waals surface area contributed by atoms with E-state index in [1.54, 1.807) is 20.2 Å². The first kappa shape index (κ1) is 14.0. The average Bonchev–Trinajstić information content (AvgIpc) is 2.28. The van der Waals surface area contributed by atoms with Crippen molar-refractivity contribution < 1.29 is 9.53 Å². The van der Waals surface area contributed by atoms with E-state index in [1.165, 1.54) is 4.90 Å². The Labute approximate surface area is 106 Å². The van der Waals surface area contributed by atoms with Crippen molar-refractivity contribution in [1.29, 1.82) is 0 Å². The highest BCUT2D eigenvalue weighted by Gasteiger charge is 2.08. The number of nitrogens with zero attached hydrogens (tertiary/aromatic N) is 3. The number of urea groups is 1. The molecular weight excluding hydrogens is 234 g/mol. The molecule has 0 unspecified atom stereocenters. The van der Waals surface area contributed by atoms with Crippen molar-refractivity contribution in [2.75, 3.05) is 31.8 Å². The molecule has 1 heterocycles. The average molecular weight is 253 g/mol. The molecule has 18 heavy (non-hydrogen) atoms. The fourth-order valence-electron chi connectivity index (χ4n) is 1.12. The zero-order valence-electron chi connectivity index (χ0n) is 10.9. The monoisotopic (exact) mass is 253 g/mol. The van der Waals surface area contributed by atoms with Crippen molar-refractivity contribution >= 4 is 17.8 Å². The van der Waals surface area contributed by atoms with Crippen LogP contribution < -0.4 is 15.8 Å². The van der Waals surface area contributed by atoms with Gasteiger partial charge in [-0.2, -0.15) is 9.97 Å². The number of nitrogen functional groups attached to an aromatic ring is 1. The number of ether oxygens (including phenoxy) is 1. The predicted octanol–water partition coefficient (Wildman–Crippen LogP) is 1.33. The summed E-state index contributed by atoms with van der Waals surface area (Å²) < 4.78 is 5.41. The van der Waals surface area contributed by atoms with Gasteiger partial charge in [0.2, 0.25) is 11.8 Å². The summed E-state index contributed by atoms with van der Waals surface area (Å²) in [6.45, 7) is 2.63. The second-order valence-electron chi connectivity index (χ2n) is 3.98. The Morgan fingerprint density at radius 3 is 2.83 bits per heavy atom. The Kier molecular flexibility index (Phi) is 5.16. The molecule has 100 valence electrons. The van der Waals surface area contributed by atoms with Gasteiger partial charge in [-0.3, -0.25) is 5.32 Å². The van der Waals surface area contributed by atoms with E-state index in [0.717, 1.165) is 12.8 Å². The van der Waals surface area contributed by atoms with Crippen LogP contribution in [0.1, 0.15) is 19.8 Å². The Morgan fingerprint density at radius 1 is 1.50 bits per heavy atom. The maximum Gasteiger partial charge on any atom is 0.322 e. The van der Waals surface area contributed by atoms with Crippen LogP contribution in [-0.2, 0) is 0 Å². The third kappa shape index (κ3) is 4.44. The SMILES string of the molecule is CCCCOc1cc(NC(=O)N(C)C)nc(N)n1. The lowest BCUT2D eigenvalue weighted by atomic mass is 10.4. The molecule has 7 nitrogen and oxygen atoms in total. The molecule has 0 saturated carbocycles. The van der Waals surface area contributed by atoms with E-state index >= 15 is 0 Å². The van der Waals surface area contributed by atoms with Crippen molar-refractivity contribution in [3.05, 3.63) is 6.07 Å². The van der Waals surface area contributed by atoms with Gasteiger partial charge in [0.05, 0.1) is 6.61 Å². The van der Waals surface area contributed by atoms with Gasteiger partial charge in [-0.05, 0) is 6.42 Å². The van der Waals surface area contributed by atoms with Crippen molar-refractivity contribution in [2.45, 2.75) is 19.8 Å². The summed E-state index contributed by atoms with van der Waals surface area (Å²) >= 11 is 0. The van der Waals surface area contributed by atoms with Crippen LogP contribution in [0.4, 0.5) is 16.6 Å². The number of nitrogens with two attached hydrogens (primary N) is 1. The number of nitrogens with one attached hydrogen (secondary N) is 1. The number of carbonyl (C=O) groups excluding carboxylic acids is 1. The minimum atomic E-state index is -0.285. The highest BCUT2D eigenvalue weighted by Crippen LogP contribution is 2.15. The van der Waals surface area contributed by atoms with Crippen LogP contribution in [0, 0.1) is 0 Å². The van der Waals surface area contributed by atoms with Crippen LogP contribution in [0.5, 0.6) is 5.88 Å². The van der Waals surface area contributed by atoms with Crippen molar-refractivity contribution in [3.63, 3.8) is 0 Å². The number of hydrogen-bond acceptors (Lipinski definition) is 5. The molecule has 0 aliphatic carbocycles. The normalized spacial score (nSPS) is 9.94. The molecule has 0 aliphatic rings. The number of unbranched alkanes of at least 4 members (excludes halogenated alkanes) is 1. The molecule has 1 aromatic heterocycles. The zero-order chi connectivity index (χ0) is 13.5. The Hall–Kier alpha value is -2.05. The molecule has 2 amide bonds. The van der Waals surface area contributed by atoms with Crippen molar-refractivity contribution in [3.8, 4) is 5.88 Å². The summed E-state index contributed by atoms with van der Waals surface area (Å²) in [7, 11) is 3.27. The molecule has 1 aromatic rings. The topological polar surface area (TPSA) is 93.4 Å². The van der Waals surface area contributed by atoms with Crippen LogP contribution in [-0.4, -0.2) is 41.6 Å². The van der Waals surface area contributed by atoms with E-state index in [9.17, 15) is 4.79 Å². The molecule has 3 N–H and O–H groups in total. The fraction of sp³-hybridized carbons (Fsp3) is 0.545. The van der Waals surface area contributed by atoms with E-state index < -0.39 is 0 Å². The Morgan fingerprint density at radius 2 is 2.22 bits per heavy atom. The number of rotatable bonds is 5. The lowest BCUT2D eigenvalue weighted by molar-refractivity contribution is 0.230. The van der Waals surface area contributed by atoms with Gasteiger partial charge < -0.3 is 15.4 Å². The number of hydrogen-bond donors (Lipinski definition) is 2. The minimum Gasteiger partial charge on any atom is -0.477 e.